The van der Waals surface area contributed by atoms with Crippen LogP contribution in [-0.2, 0) is 9.59 Å². The maximum Gasteiger partial charge on any atom is 0.333 e. The Bertz CT molecular complexity index is 1370. The standard InChI is InChI=1S/C16H11ClN4O.C7H5ClO3/c17-11-4-1-3-10(7-11)13-9-19-20-15(13)14-8-18-16-12(14)5-2-6-21(16)22;8-6-4(7(10)11)2-1-3-5(6)9/h1-9,22H,(H,19,20);1-3,6H,(H,10,11). The number of rotatable bonds is 3. The number of aliphatic carboxylic acids is 1. The number of nitrogens with one attached hydrogen (secondary N) is 1. The molecule has 8 nitrogen and oxygen atoms in total. The van der Waals surface area contributed by atoms with Crippen molar-refractivity contribution in [1.29, 1.82) is 0 Å². The average Bonchev–Trinajstić information content (AvgIpc) is 3.43. The van der Waals surface area contributed by atoms with E-state index in [1.165, 1.54) is 18.2 Å². The number of nitrogens with zero attached hydrogens (tertiary/aromatic N) is 3. The highest BCUT2D eigenvalue weighted by molar-refractivity contribution is 6.37. The molecule has 33 heavy (non-hydrogen) atoms. The third kappa shape index (κ3) is 4.52. The van der Waals surface area contributed by atoms with Crippen molar-refractivity contribution in [3.63, 3.8) is 0 Å². The lowest BCUT2D eigenvalue weighted by Crippen LogP contribution is -2.22. The topological polar surface area (TPSA) is 121 Å². The number of halogens is 2. The number of carboxylic acids is 1. The molecule has 1 unspecified atom stereocenters. The molecule has 5 rings (SSSR count). The number of carboxylic acid groups (broad SMARTS) is 1. The first-order chi connectivity index (χ1) is 15.9. The second kappa shape index (κ2) is 9.32. The molecule has 2 aliphatic heterocycles. The van der Waals surface area contributed by atoms with Gasteiger partial charge in [-0.25, -0.2) is 9.78 Å². The summed E-state index contributed by atoms with van der Waals surface area (Å²) >= 11 is 11.6. The lowest BCUT2D eigenvalue weighted by Gasteiger charge is -2.08. The minimum Gasteiger partial charge on any atom is -0.478 e. The lowest BCUT2D eigenvalue weighted by atomic mass is 10.0. The van der Waals surface area contributed by atoms with E-state index in [-0.39, 0.29) is 11.4 Å². The van der Waals surface area contributed by atoms with Gasteiger partial charge in [-0.3, -0.25) is 9.89 Å². The van der Waals surface area contributed by atoms with Gasteiger partial charge < -0.3 is 10.3 Å². The predicted molar refractivity (Wildman–Crippen MR) is 124 cm³/mol. The van der Waals surface area contributed by atoms with Crippen LogP contribution in [0.15, 0.2) is 78.8 Å². The minimum absolute atomic E-state index is 0.0702. The molecule has 166 valence electrons. The number of alkyl halides is 1. The smallest absolute Gasteiger partial charge is 0.333 e. The molecule has 1 atom stereocenters. The van der Waals surface area contributed by atoms with Crippen molar-refractivity contribution in [3.05, 3.63) is 83.8 Å². The first-order valence-corrected chi connectivity index (χ1v) is 10.4. The third-order valence-corrected chi connectivity index (χ3v) is 5.59. The molecule has 1 aromatic heterocycles. The second-order valence-corrected chi connectivity index (χ2v) is 7.86. The van der Waals surface area contributed by atoms with Crippen molar-refractivity contribution in [2.45, 2.75) is 5.38 Å². The first kappa shape index (κ1) is 22.3. The van der Waals surface area contributed by atoms with Gasteiger partial charge >= 0.3 is 5.97 Å². The molecule has 0 spiro atoms. The quantitative estimate of drug-likeness (QED) is 0.288. The summed E-state index contributed by atoms with van der Waals surface area (Å²) in [7, 11) is 0. The lowest BCUT2D eigenvalue weighted by molar-refractivity contribution is -0.133. The van der Waals surface area contributed by atoms with Crippen LogP contribution in [0.3, 0.4) is 0 Å². The van der Waals surface area contributed by atoms with Crippen LogP contribution in [0.25, 0.3) is 33.8 Å². The normalized spacial score (nSPS) is 15.2. The van der Waals surface area contributed by atoms with Gasteiger partial charge in [0.15, 0.2) is 11.6 Å². The Balaban J connectivity index is 0.000000200. The van der Waals surface area contributed by atoms with E-state index in [9.17, 15) is 14.8 Å². The molecule has 3 N–H and O–H groups in total. The molecule has 0 fully saturated rings. The summed E-state index contributed by atoms with van der Waals surface area (Å²) in [4.78, 5) is 25.4. The van der Waals surface area contributed by atoms with E-state index in [2.05, 4.69) is 15.2 Å². The Morgan fingerprint density at radius 3 is 2.67 bits per heavy atom. The van der Waals surface area contributed by atoms with Crippen LogP contribution in [0.1, 0.15) is 0 Å². The zero-order chi connectivity index (χ0) is 23.5. The molecule has 10 heteroatoms. The van der Waals surface area contributed by atoms with Gasteiger partial charge in [0.25, 0.3) is 0 Å². The van der Waals surface area contributed by atoms with Crippen molar-refractivity contribution >= 4 is 35.0 Å². The van der Waals surface area contributed by atoms with Crippen molar-refractivity contribution in [3.8, 4) is 33.8 Å². The summed E-state index contributed by atoms with van der Waals surface area (Å²) in [6.45, 7) is 0. The molecular weight excluding hydrogens is 467 g/mol. The van der Waals surface area contributed by atoms with E-state index >= 15 is 0 Å². The van der Waals surface area contributed by atoms with Crippen molar-refractivity contribution < 1.29 is 19.9 Å². The van der Waals surface area contributed by atoms with Gasteiger partial charge in [0.1, 0.15) is 5.38 Å². The number of fused-ring (bicyclic) bond motifs is 1. The highest BCUT2D eigenvalue weighted by Gasteiger charge is 2.25. The van der Waals surface area contributed by atoms with E-state index < -0.39 is 11.3 Å². The van der Waals surface area contributed by atoms with Crippen molar-refractivity contribution in [2.24, 2.45) is 0 Å². The highest BCUT2D eigenvalue weighted by atomic mass is 35.5. The number of aromatic nitrogens is 4. The average molecular weight is 483 g/mol. The van der Waals surface area contributed by atoms with E-state index in [0.717, 1.165) is 32.7 Å². The molecule has 1 aromatic carbocycles. The molecule has 3 aliphatic rings. The monoisotopic (exact) mass is 482 g/mol. The number of carbonyl (C=O) groups is 2. The zero-order valence-corrected chi connectivity index (χ0v) is 18.3. The van der Waals surface area contributed by atoms with E-state index in [4.69, 9.17) is 28.3 Å². The first-order valence-electron chi connectivity index (χ1n) is 9.61. The fraction of sp³-hybridized carbons (Fsp3) is 0.0435. The SMILES string of the molecule is O=C(O)C1=CC=CC(=O)C1Cl.On1cccc2c(-c3[nH]ncc3-c3cccc(Cl)c3)cnc1-2. The van der Waals surface area contributed by atoms with Gasteiger partial charge in [0.2, 0.25) is 0 Å². The second-order valence-electron chi connectivity index (χ2n) is 6.98. The summed E-state index contributed by atoms with van der Waals surface area (Å²) < 4.78 is 1.01. The van der Waals surface area contributed by atoms with Crippen LogP contribution in [0.5, 0.6) is 0 Å². The van der Waals surface area contributed by atoms with Gasteiger partial charge in [-0.2, -0.15) is 9.83 Å². The van der Waals surface area contributed by atoms with Crippen LogP contribution in [0.2, 0.25) is 5.02 Å². The molecular formula is C23H16Cl2N4O4. The number of aromatic amines is 1. The van der Waals surface area contributed by atoms with Gasteiger partial charge in [-0.1, -0.05) is 29.8 Å². The van der Waals surface area contributed by atoms with E-state index in [1.54, 1.807) is 24.7 Å². The number of allylic oxidation sites excluding steroid dienone is 3. The Morgan fingerprint density at radius 1 is 1.12 bits per heavy atom. The van der Waals surface area contributed by atoms with Crippen LogP contribution in [-0.4, -0.2) is 47.4 Å². The molecule has 0 saturated heterocycles. The molecule has 0 saturated carbocycles. The number of H-pyrrole nitrogens is 1. The predicted octanol–water partition coefficient (Wildman–Crippen LogP) is 4.68. The summed E-state index contributed by atoms with van der Waals surface area (Å²) in [5, 5.41) is 25.1. The van der Waals surface area contributed by atoms with Gasteiger partial charge in [-0.15, -0.1) is 11.6 Å². The fourth-order valence-corrected chi connectivity index (χ4v) is 3.77. The van der Waals surface area contributed by atoms with Crippen LogP contribution in [0, 0.1) is 0 Å². The van der Waals surface area contributed by atoms with Crippen LogP contribution < -0.4 is 0 Å². The van der Waals surface area contributed by atoms with Crippen LogP contribution in [0.4, 0.5) is 0 Å². The Labute approximate surface area is 197 Å². The van der Waals surface area contributed by atoms with Crippen molar-refractivity contribution in [1.82, 2.24) is 19.9 Å². The largest absolute Gasteiger partial charge is 0.478 e. The highest BCUT2D eigenvalue weighted by Crippen LogP contribution is 2.37. The molecule has 2 aromatic rings. The van der Waals surface area contributed by atoms with E-state index in [1.807, 2.05) is 30.3 Å². The van der Waals surface area contributed by atoms with E-state index in [0.29, 0.717) is 10.8 Å². The zero-order valence-electron chi connectivity index (χ0n) is 16.8. The molecule has 0 amide bonds. The number of hydrogen-bond donors (Lipinski definition) is 3. The molecule has 0 bridgehead atoms. The van der Waals surface area contributed by atoms with Crippen molar-refractivity contribution in [2.75, 3.05) is 0 Å². The minimum atomic E-state index is -1.15. The number of carbonyl (C=O) groups excluding carboxylic acids is 1. The van der Waals surface area contributed by atoms with Gasteiger partial charge in [-0.05, 0) is 42.0 Å². The maximum absolute atomic E-state index is 10.8. The van der Waals surface area contributed by atoms with Gasteiger partial charge in [0, 0.05) is 34.1 Å². The summed E-state index contributed by atoms with van der Waals surface area (Å²) in [5.41, 5.74) is 4.40. The summed E-state index contributed by atoms with van der Waals surface area (Å²) in [6.07, 6.45) is 8.98. The maximum atomic E-state index is 10.8. The van der Waals surface area contributed by atoms with Gasteiger partial charge in [0.05, 0.1) is 17.5 Å². The Kier molecular flexibility index (Phi) is 6.30. The Hall–Kier alpha value is -3.88. The molecule has 3 heterocycles. The number of hydrogen-bond acceptors (Lipinski definition) is 5. The fourth-order valence-electron chi connectivity index (χ4n) is 3.34. The third-order valence-electron chi connectivity index (χ3n) is 4.90. The molecule has 1 aliphatic carbocycles. The number of benzene rings is 1. The number of ketones is 1. The summed E-state index contributed by atoms with van der Waals surface area (Å²) in [6, 6.07) is 11.3. The molecule has 0 radical (unpaired) electrons. The number of pyridine rings is 1. The van der Waals surface area contributed by atoms with Crippen LogP contribution >= 0.6 is 23.2 Å². The Morgan fingerprint density at radius 2 is 1.94 bits per heavy atom. The summed E-state index contributed by atoms with van der Waals surface area (Å²) in [5.74, 6) is -1.03.